The SMILES string of the molecule is COc1cc(/C=C/C(=O)Nc2ccc(N3CCNC3=O)cc2)ccc1OCc1c(C)noc1C. The molecule has 1 aliphatic rings. The van der Waals surface area contributed by atoms with Crippen LogP contribution in [0.3, 0.4) is 0 Å². The van der Waals surface area contributed by atoms with E-state index < -0.39 is 0 Å². The number of hydrogen-bond donors (Lipinski definition) is 2. The molecule has 2 N–H and O–H groups in total. The summed E-state index contributed by atoms with van der Waals surface area (Å²) in [6, 6.07) is 12.4. The number of methoxy groups -OCH3 is 1. The van der Waals surface area contributed by atoms with E-state index in [1.54, 1.807) is 54.5 Å². The highest BCUT2D eigenvalue weighted by Crippen LogP contribution is 2.30. The zero-order valence-corrected chi connectivity index (χ0v) is 19.3. The van der Waals surface area contributed by atoms with Gasteiger partial charge in [0, 0.05) is 30.5 Å². The summed E-state index contributed by atoms with van der Waals surface area (Å²) in [5.74, 6) is 1.58. The number of aromatic nitrogens is 1. The van der Waals surface area contributed by atoms with Gasteiger partial charge in [-0.1, -0.05) is 11.2 Å². The van der Waals surface area contributed by atoms with Crippen molar-refractivity contribution >= 4 is 29.4 Å². The van der Waals surface area contributed by atoms with Crippen molar-refractivity contribution in [3.05, 3.63) is 71.1 Å². The quantitative estimate of drug-likeness (QED) is 0.489. The molecule has 9 heteroatoms. The van der Waals surface area contributed by atoms with Crippen LogP contribution < -0.4 is 25.0 Å². The predicted molar refractivity (Wildman–Crippen MR) is 128 cm³/mol. The monoisotopic (exact) mass is 462 g/mol. The van der Waals surface area contributed by atoms with Crippen molar-refractivity contribution in [2.24, 2.45) is 0 Å². The second-order valence-corrected chi connectivity index (χ2v) is 7.75. The molecule has 0 atom stereocenters. The summed E-state index contributed by atoms with van der Waals surface area (Å²) in [6.07, 6.45) is 3.14. The largest absolute Gasteiger partial charge is 0.493 e. The van der Waals surface area contributed by atoms with E-state index in [1.807, 2.05) is 19.9 Å². The highest BCUT2D eigenvalue weighted by Gasteiger charge is 2.20. The molecule has 9 nitrogen and oxygen atoms in total. The third-order valence-electron chi connectivity index (χ3n) is 5.47. The van der Waals surface area contributed by atoms with Gasteiger partial charge in [-0.3, -0.25) is 9.69 Å². The molecular weight excluding hydrogens is 436 g/mol. The fraction of sp³-hybridized carbons (Fsp3) is 0.240. The minimum absolute atomic E-state index is 0.115. The minimum Gasteiger partial charge on any atom is -0.493 e. The molecule has 3 amide bonds. The Kier molecular flexibility index (Phi) is 6.82. The first-order valence-corrected chi connectivity index (χ1v) is 10.8. The van der Waals surface area contributed by atoms with Crippen LogP contribution in [-0.4, -0.2) is 37.3 Å². The molecule has 1 aromatic heterocycles. The summed E-state index contributed by atoms with van der Waals surface area (Å²) < 4.78 is 16.5. The molecule has 0 saturated carbocycles. The van der Waals surface area contributed by atoms with Crippen LogP contribution in [0.25, 0.3) is 6.08 Å². The first kappa shape index (κ1) is 22.9. The number of rotatable bonds is 8. The third-order valence-corrected chi connectivity index (χ3v) is 5.47. The zero-order valence-electron chi connectivity index (χ0n) is 19.3. The van der Waals surface area contributed by atoms with Crippen LogP contribution in [0.1, 0.15) is 22.6 Å². The second-order valence-electron chi connectivity index (χ2n) is 7.75. The summed E-state index contributed by atoms with van der Waals surface area (Å²) in [7, 11) is 1.56. The molecule has 34 heavy (non-hydrogen) atoms. The van der Waals surface area contributed by atoms with E-state index in [9.17, 15) is 9.59 Å². The van der Waals surface area contributed by atoms with Gasteiger partial charge in [0.1, 0.15) is 12.4 Å². The lowest BCUT2D eigenvalue weighted by atomic mass is 10.1. The number of aryl methyl sites for hydroxylation is 2. The van der Waals surface area contributed by atoms with Crippen molar-refractivity contribution in [2.45, 2.75) is 20.5 Å². The number of benzene rings is 2. The maximum absolute atomic E-state index is 12.4. The van der Waals surface area contributed by atoms with E-state index in [4.69, 9.17) is 14.0 Å². The smallest absolute Gasteiger partial charge is 0.321 e. The van der Waals surface area contributed by atoms with Crippen LogP contribution >= 0.6 is 0 Å². The third kappa shape index (κ3) is 5.20. The molecular formula is C25H26N4O5. The average molecular weight is 463 g/mol. The van der Waals surface area contributed by atoms with Crippen LogP contribution in [0.15, 0.2) is 53.1 Å². The van der Waals surface area contributed by atoms with Crippen LogP contribution in [0.4, 0.5) is 16.2 Å². The van der Waals surface area contributed by atoms with Crippen molar-refractivity contribution < 1.29 is 23.6 Å². The maximum atomic E-state index is 12.4. The first-order chi connectivity index (χ1) is 16.4. The number of anilines is 2. The van der Waals surface area contributed by atoms with E-state index in [2.05, 4.69) is 15.8 Å². The Bertz CT molecular complexity index is 1200. The number of carbonyl (C=O) groups is 2. The molecule has 0 bridgehead atoms. The van der Waals surface area contributed by atoms with Crippen molar-refractivity contribution in [3.8, 4) is 11.5 Å². The van der Waals surface area contributed by atoms with Gasteiger partial charge in [-0.15, -0.1) is 0 Å². The van der Waals surface area contributed by atoms with Gasteiger partial charge in [0.25, 0.3) is 0 Å². The highest BCUT2D eigenvalue weighted by atomic mass is 16.5. The van der Waals surface area contributed by atoms with Crippen LogP contribution in [0.2, 0.25) is 0 Å². The average Bonchev–Trinajstić information content (AvgIpc) is 3.41. The first-order valence-electron chi connectivity index (χ1n) is 10.8. The Morgan fingerprint density at radius 1 is 1.21 bits per heavy atom. The van der Waals surface area contributed by atoms with Gasteiger partial charge in [-0.25, -0.2) is 4.79 Å². The fourth-order valence-corrected chi connectivity index (χ4v) is 3.56. The van der Waals surface area contributed by atoms with E-state index in [-0.39, 0.29) is 11.9 Å². The van der Waals surface area contributed by atoms with Gasteiger partial charge in [-0.05, 0) is 61.9 Å². The molecule has 0 unspecified atom stereocenters. The van der Waals surface area contributed by atoms with E-state index in [1.165, 1.54) is 6.08 Å². The van der Waals surface area contributed by atoms with Crippen LogP contribution in [-0.2, 0) is 11.4 Å². The molecule has 0 radical (unpaired) electrons. The van der Waals surface area contributed by atoms with Crippen molar-refractivity contribution in [1.82, 2.24) is 10.5 Å². The van der Waals surface area contributed by atoms with E-state index >= 15 is 0 Å². The minimum atomic E-state index is -0.274. The summed E-state index contributed by atoms with van der Waals surface area (Å²) in [5, 5.41) is 9.50. The lowest BCUT2D eigenvalue weighted by Gasteiger charge is -2.14. The van der Waals surface area contributed by atoms with Gasteiger partial charge < -0.3 is 24.6 Å². The maximum Gasteiger partial charge on any atom is 0.321 e. The zero-order chi connectivity index (χ0) is 24.1. The lowest BCUT2D eigenvalue weighted by molar-refractivity contribution is -0.111. The summed E-state index contributed by atoms with van der Waals surface area (Å²) in [4.78, 5) is 25.8. The number of carbonyl (C=O) groups excluding carboxylic acids is 2. The summed E-state index contributed by atoms with van der Waals surface area (Å²) >= 11 is 0. The Morgan fingerprint density at radius 3 is 2.65 bits per heavy atom. The number of nitrogens with one attached hydrogen (secondary N) is 2. The number of hydrogen-bond acceptors (Lipinski definition) is 6. The molecule has 1 saturated heterocycles. The Hall–Kier alpha value is -4.27. The number of nitrogens with zero attached hydrogens (tertiary/aromatic N) is 2. The highest BCUT2D eigenvalue weighted by molar-refractivity contribution is 6.02. The van der Waals surface area contributed by atoms with Gasteiger partial charge in [-0.2, -0.15) is 0 Å². The van der Waals surface area contributed by atoms with Crippen molar-refractivity contribution in [3.63, 3.8) is 0 Å². The normalized spacial score (nSPS) is 13.3. The fourth-order valence-electron chi connectivity index (χ4n) is 3.56. The molecule has 4 rings (SSSR count). The van der Waals surface area contributed by atoms with Gasteiger partial charge in [0.2, 0.25) is 5.91 Å². The number of amides is 3. The summed E-state index contributed by atoms with van der Waals surface area (Å²) in [5.41, 5.74) is 3.90. The van der Waals surface area contributed by atoms with Crippen LogP contribution in [0.5, 0.6) is 11.5 Å². The standard InChI is InChI=1S/C25H26N4O5/c1-16-21(17(2)34-28-16)15-33-22-10-4-18(14-23(22)32-3)5-11-24(30)27-19-6-8-20(9-7-19)29-13-12-26-25(29)31/h4-11,14H,12-13,15H2,1-3H3,(H,26,31)(H,27,30)/b11-5+. The molecule has 3 aromatic rings. The van der Waals surface area contributed by atoms with Crippen molar-refractivity contribution in [2.75, 3.05) is 30.4 Å². The molecule has 0 spiro atoms. The molecule has 0 aliphatic carbocycles. The van der Waals surface area contributed by atoms with E-state index in [0.717, 1.165) is 28.3 Å². The number of ether oxygens (including phenoxy) is 2. The predicted octanol–water partition coefficient (Wildman–Crippen LogP) is 4.06. The van der Waals surface area contributed by atoms with Gasteiger partial charge in [0.05, 0.1) is 18.4 Å². The lowest BCUT2D eigenvalue weighted by Crippen LogP contribution is -2.27. The molecule has 2 heterocycles. The molecule has 1 aliphatic heterocycles. The molecule has 176 valence electrons. The molecule has 2 aromatic carbocycles. The molecule has 1 fully saturated rings. The number of urea groups is 1. The Labute approximate surface area is 197 Å². The second kappa shape index (κ2) is 10.1. The van der Waals surface area contributed by atoms with Crippen molar-refractivity contribution in [1.29, 1.82) is 0 Å². The summed E-state index contributed by atoms with van der Waals surface area (Å²) in [6.45, 7) is 5.28. The Morgan fingerprint density at radius 2 is 2.00 bits per heavy atom. The van der Waals surface area contributed by atoms with Gasteiger partial charge in [0.15, 0.2) is 11.5 Å². The van der Waals surface area contributed by atoms with E-state index in [0.29, 0.717) is 36.9 Å². The Balaban J connectivity index is 1.36. The van der Waals surface area contributed by atoms with Crippen LogP contribution in [0, 0.1) is 13.8 Å². The van der Waals surface area contributed by atoms with Gasteiger partial charge >= 0.3 is 6.03 Å². The topological polar surface area (TPSA) is 106 Å².